The van der Waals surface area contributed by atoms with Gasteiger partial charge in [-0.05, 0) is 31.2 Å². The molecule has 2 N–H and O–H groups in total. The number of aliphatic hydroxyl groups is 1. The fourth-order valence-electron chi connectivity index (χ4n) is 1.49. The lowest BCUT2D eigenvalue weighted by molar-refractivity contribution is 0.141. The van der Waals surface area contributed by atoms with Crippen LogP contribution in [0.5, 0.6) is 0 Å². The van der Waals surface area contributed by atoms with Crippen LogP contribution in [0.15, 0.2) is 17.5 Å². The van der Waals surface area contributed by atoms with Crippen molar-refractivity contribution >= 4 is 11.3 Å². The van der Waals surface area contributed by atoms with E-state index in [2.05, 4.69) is 36.7 Å². The first kappa shape index (κ1) is 12.7. The van der Waals surface area contributed by atoms with E-state index in [0.717, 1.165) is 0 Å². The summed E-state index contributed by atoms with van der Waals surface area (Å²) in [7, 11) is 0. The minimum atomic E-state index is -0.314. The van der Waals surface area contributed by atoms with Crippen molar-refractivity contribution in [2.45, 2.75) is 45.9 Å². The first-order chi connectivity index (χ1) is 7.02. The lowest BCUT2D eigenvalue weighted by Crippen LogP contribution is -2.39. The van der Waals surface area contributed by atoms with Crippen molar-refractivity contribution in [1.82, 2.24) is 5.32 Å². The molecular weight excluding hydrogens is 206 g/mol. The molecule has 0 aliphatic rings. The Balaban J connectivity index is 2.68. The molecule has 0 amide bonds. The Morgan fingerprint density at radius 3 is 2.33 bits per heavy atom. The van der Waals surface area contributed by atoms with E-state index in [1.165, 1.54) is 4.88 Å². The summed E-state index contributed by atoms with van der Waals surface area (Å²) in [6.45, 7) is 8.25. The highest BCUT2D eigenvalue weighted by atomic mass is 32.1. The molecule has 0 aromatic carbocycles. The molecule has 2 nitrogen and oxygen atoms in total. The summed E-state index contributed by atoms with van der Waals surface area (Å²) in [6, 6.07) is 4.69. The van der Waals surface area contributed by atoms with Crippen LogP contribution in [0, 0.1) is 5.92 Å². The van der Waals surface area contributed by atoms with E-state index in [1.807, 2.05) is 13.8 Å². The Hall–Kier alpha value is -0.380. The van der Waals surface area contributed by atoms with E-state index < -0.39 is 0 Å². The van der Waals surface area contributed by atoms with Crippen molar-refractivity contribution in [2.75, 3.05) is 0 Å². The van der Waals surface area contributed by atoms with E-state index in [9.17, 15) is 5.11 Å². The minimum Gasteiger partial charge on any atom is -0.392 e. The predicted molar refractivity (Wildman–Crippen MR) is 66.2 cm³/mol. The zero-order valence-corrected chi connectivity index (χ0v) is 10.7. The van der Waals surface area contributed by atoms with E-state index in [4.69, 9.17) is 0 Å². The molecule has 0 radical (unpaired) electrons. The van der Waals surface area contributed by atoms with Gasteiger partial charge in [0.2, 0.25) is 0 Å². The van der Waals surface area contributed by atoms with Crippen molar-refractivity contribution < 1.29 is 5.11 Å². The summed E-state index contributed by atoms with van der Waals surface area (Å²) in [5.41, 5.74) is 0. The Bertz CT molecular complexity index is 269. The standard InChI is InChI=1S/C12H21NOS/c1-8(2)12(11-6-5-7-15-11)13-9(3)10(4)14/h5-10,12-14H,1-4H3. The highest BCUT2D eigenvalue weighted by Crippen LogP contribution is 2.26. The van der Waals surface area contributed by atoms with Crippen LogP contribution in [-0.4, -0.2) is 17.3 Å². The third kappa shape index (κ3) is 3.59. The zero-order chi connectivity index (χ0) is 11.4. The van der Waals surface area contributed by atoms with E-state index >= 15 is 0 Å². The minimum absolute atomic E-state index is 0.125. The van der Waals surface area contributed by atoms with Crippen molar-refractivity contribution in [3.63, 3.8) is 0 Å². The summed E-state index contributed by atoms with van der Waals surface area (Å²) in [4.78, 5) is 1.34. The lowest BCUT2D eigenvalue weighted by atomic mass is 10.0. The number of thiophene rings is 1. The number of nitrogens with one attached hydrogen (secondary N) is 1. The summed E-state index contributed by atoms with van der Waals surface area (Å²) in [6.07, 6.45) is -0.314. The second kappa shape index (κ2) is 5.64. The number of rotatable bonds is 5. The van der Waals surface area contributed by atoms with Crippen LogP contribution < -0.4 is 5.32 Å². The van der Waals surface area contributed by atoms with Gasteiger partial charge in [0, 0.05) is 17.0 Å². The molecule has 1 aromatic rings. The van der Waals surface area contributed by atoms with Gasteiger partial charge in [0.15, 0.2) is 0 Å². The third-order valence-electron chi connectivity index (χ3n) is 2.68. The van der Waals surface area contributed by atoms with Gasteiger partial charge in [-0.25, -0.2) is 0 Å². The molecule has 86 valence electrons. The molecule has 0 fully saturated rings. The molecule has 15 heavy (non-hydrogen) atoms. The molecule has 0 spiro atoms. The fraction of sp³-hybridized carbons (Fsp3) is 0.667. The molecular formula is C12H21NOS. The van der Waals surface area contributed by atoms with Crippen LogP contribution in [0.3, 0.4) is 0 Å². The van der Waals surface area contributed by atoms with Crippen molar-refractivity contribution in [1.29, 1.82) is 0 Å². The molecule has 1 aromatic heterocycles. The lowest BCUT2D eigenvalue weighted by Gasteiger charge is -2.27. The average molecular weight is 227 g/mol. The summed E-state index contributed by atoms with van der Waals surface area (Å²) in [5.74, 6) is 0.532. The summed E-state index contributed by atoms with van der Waals surface area (Å²) in [5, 5.41) is 15.1. The van der Waals surface area contributed by atoms with Gasteiger partial charge in [-0.3, -0.25) is 0 Å². The summed E-state index contributed by atoms with van der Waals surface area (Å²) < 4.78 is 0. The Morgan fingerprint density at radius 2 is 1.93 bits per heavy atom. The molecule has 0 bridgehead atoms. The molecule has 0 saturated heterocycles. The molecule has 0 saturated carbocycles. The Labute approximate surface area is 96.3 Å². The van der Waals surface area contributed by atoms with Crippen LogP contribution >= 0.6 is 11.3 Å². The highest BCUT2D eigenvalue weighted by molar-refractivity contribution is 7.10. The van der Waals surface area contributed by atoms with Gasteiger partial charge in [-0.2, -0.15) is 0 Å². The van der Waals surface area contributed by atoms with Gasteiger partial charge in [0.05, 0.1) is 6.10 Å². The Morgan fingerprint density at radius 1 is 1.27 bits per heavy atom. The fourth-order valence-corrected chi connectivity index (χ4v) is 2.45. The second-order valence-corrected chi connectivity index (χ2v) is 5.41. The van der Waals surface area contributed by atoms with Crippen LogP contribution in [0.4, 0.5) is 0 Å². The number of aliphatic hydroxyl groups excluding tert-OH is 1. The topological polar surface area (TPSA) is 32.3 Å². The normalized spacial score (nSPS) is 17.7. The van der Waals surface area contributed by atoms with E-state index in [-0.39, 0.29) is 12.1 Å². The maximum Gasteiger partial charge on any atom is 0.0662 e. The zero-order valence-electron chi connectivity index (χ0n) is 9.90. The average Bonchev–Trinajstić information content (AvgIpc) is 2.65. The first-order valence-electron chi connectivity index (χ1n) is 5.50. The number of hydrogen-bond donors (Lipinski definition) is 2. The quantitative estimate of drug-likeness (QED) is 0.810. The molecule has 1 rings (SSSR count). The van der Waals surface area contributed by atoms with Crippen LogP contribution in [0.2, 0.25) is 0 Å². The van der Waals surface area contributed by atoms with Crippen LogP contribution in [0.25, 0.3) is 0 Å². The molecule has 3 unspecified atom stereocenters. The smallest absolute Gasteiger partial charge is 0.0662 e. The largest absolute Gasteiger partial charge is 0.392 e. The van der Waals surface area contributed by atoms with Gasteiger partial charge in [-0.1, -0.05) is 19.9 Å². The molecule has 3 atom stereocenters. The molecule has 1 heterocycles. The molecule has 0 aliphatic carbocycles. The van der Waals surface area contributed by atoms with Gasteiger partial charge in [0.25, 0.3) is 0 Å². The number of hydrogen-bond acceptors (Lipinski definition) is 3. The SMILES string of the molecule is CC(C)C(NC(C)C(C)O)c1cccs1. The van der Waals surface area contributed by atoms with Crippen molar-refractivity contribution in [3.8, 4) is 0 Å². The van der Waals surface area contributed by atoms with Gasteiger partial charge >= 0.3 is 0 Å². The van der Waals surface area contributed by atoms with E-state index in [1.54, 1.807) is 11.3 Å². The molecule has 0 aliphatic heterocycles. The van der Waals surface area contributed by atoms with Crippen molar-refractivity contribution in [3.05, 3.63) is 22.4 Å². The maximum atomic E-state index is 9.49. The predicted octanol–water partition coefficient (Wildman–Crippen LogP) is 2.80. The Kier molecular flexibility index (Phi) is 4.77. The molecule has 3 heteroatoms. The van der Waals surface area contributed by atoms with Crippen LogP contribution in [-0.2, 0) is 0 Å². The first-order valence-corrected chi connectivity index (χ1v) is 6.38. The van der Waals surface area contributed by atoms with Gasteiger partial charge in [-0.15, -0.1) is 11.3 Å². The van der Waals surface area contributed by atoms with Crippen molar-refractivity contribution in [2.24, 2.45) is 5.92 Å². The van der Waals surface area contributed by atoms with Crippen LogP contribution in [0.1, 0.15) is 38.6 Å². The summed E-state index contributed by atoms with van der Waals surface area (Å²) >= 11 is 1.77. The highest BCUT2D eigenvalue weighted by Gasteiger charge is 2.20. The monoisotopic (exact) mass is 227 g/mol. The van der Waals surface area contributed by atoms with Gasteiger partial charge in [0.1, 0.15) is 0 Å². The second-order valence-electron chi connectivity index (χ2n) is 4.43. The van der Waals surface area contributed by atoms with E-state index in [0.29, 0.717) is 12.0 Å². The van der Waals surface area contributed by atoms with Gasteiger partial charge < -0.3 is 10.4 Å². The maximum absolute atomic E-state index is 9.49. The third-order valence-corrected chi connectivity index (χ3v) is 3.64.